The summed E-state index contributed by atoms with van der Waals surface area (Å²) < 4.78 is 4.63. The Labute approximate surface area is 368 Å². The number of nitrogens with two attached hydrogens (primary N) is 1. The van der Waals surface area contributed by atoms with Crippen LogP contribution in [0, 0.1) is 39.2 Å². The third-order valence-corrected chi connectivity index (χ3v) is 12.9. The van der Waals surface area contributed by atoms with E-state index in [1.807, 2.05) is 0 Å². The molecular formula is C46H65N5O12. The number of carboxylic acids is 1. The van der Waals surface area contributed by atoms with Crippen LogP contribution in [0.1, 0.15) is 151 Å². The fraction of sp³-hybridized carbons (Fsp3) is 0.652. The molecule has 1 aromatic rings. The molecule has 0 unspecified atom stereocenters. The highest BCUT2D eigenvalue weighted by atomic mass is 16.6. The number of nitrogens with one attached hydrogen (secondary N) is 2. The van der Waals surface area contributed by atoms with E-state index in [0.29, 0.717) is 19.3 Å². The number of carbonyl (C=O) groups excluding carboxylic acids is 7. The van der Waals surface area contributed by atoms with Gasteiger partial charge in [0.1, 0.15) is 12.1 Å². The number of rotatable bonds is 20. The zero-order valence-corrected chi connectivity index (χ0v) is 37.1. The lowest BCUT2D eigenvalue weighted by Gasteiger charge is -2.41. The first-order chi connectivity index (χ1) is 29.8. The van der Waals surface area contributed by atoms with E-state index in [-0.39, 0.29) is 43.4 Å². The van der Waals surface area contributed by atoms with Crippen LogP contribution in [0.25, 0.3) is 0 Å². The number of esters is 1. The average Bonchev–Trinajstić information content (AvgIpc) is 3.26. The molecule has 0 aromatic heterocycles. The summed E-state index contributed by atoms with van der Waals surface area (Å²) in [6.45, 7) is 5.39. The van der Waals surface area contributed by atoms with Crippen molar-refractivity contribution in [2.75, 3.05) is 13.7 Å². The number of allylic oxidation sites excluding steroid dienone is 1. The van der Waals surface area contributed by atoms with Crippen LogP contribution in [0.15, 0.2) is 30.4 Å². The largest absolute Gasteiger partial charge is 0.478 e. The molecule has 0 bridgehead atoms. The highest BCUT2D eigenvalue weighted by Crippen LogP contribution is 2.35. The summed E-state index contributed by atoms with van der Waals surface area (Å²) in [5.41, 5.74) is 3.46. The summed E-state index contributed by atoms with van der Waals surface area (Å²) in [5, 5.41) is 27.2. The first kappa shape index (κ1) is 50.2. The van der Waals surface area contributed by atoms with E-state index >= 15 is 0 Å². The number of carboxylic acid groups (broad SMARTS) is 1. The van der Waals surface area contributed by atoms with Gasteiger partial charge in [-0.25, -0.2) is 9.59 Å². The Morgan fingerprint density at radius 2 is 1.51 bits per heavy atom. The number of piperidine rings is 1. The number of hydrogen-bond acceptors (Lipinski definition) is 11. The minimum absolute atomic E-state index is 0.00921. The number of methoxy groups -OCH3 is 1. The first-order valence-corrected chi connectivity index (χ1v) is 22.4. The van der Waals surface area contributed by atoms with Gasteiger partial charge in [-0.1, -0.05) is 65.4 Å². The molecule has 4 rings (SSSR count). The van der Waals surface area contributed by atoms with Crippen molar-refractivity contribution in [3.8, 4) is 0 Å². The van der Waals surface area contributed by atoms with Crippen LogP contribution >= 0.6 is 0 Å². The predicted molar refractivity (Wildman–Crippen MR) is 231 cm³/mol. The number of hydrogen-bond donors (Lipinski definition) is 4. The number of carbonyl (C=O) groups is 8. The first-order valence-electron chi connectivity index (χ1n) is 22.4. The maximum absolute atomic E-state index is 14.7. The van der Waals surface area contributed by atoms with E-state index in [1.165, 1.54) is 18.1 Å². The SMILES string of the molecule is COC(=O)/C=C/CC[C@H](CC(=O)c1cc([N+](=O)[O-])ccc1C(=O)O)C(=O)N[C@H](C(=O)N1CCCC[C@H]1C(=O)N[C@H](C(=O)C[C@H](C(N)=O)C1CCCCC1)C1CCCCC1)C(C)(C)C. The third-order valence-electron chi connectivity index (χ3n) is 12.9. The lowest BCUT2D eigenvalue weighted by molar-refractivity contribution is -0.384. The topological polar surface area (TPSA) is 262 Å². The molecule has 0 spiro atoms. The molecule has 1 heterocycles. The molecule has 1 aromatic carbocycles. The molecule has 63 heavy (non-hydrogen) atoms. The Bertz CT molecular complexity index is 1890. The third kappa shape index (κ3) is 14.0. The number of nitro benzene ring substituents is 1. The van der Waals surface area contributed by atoms with Crippen molar-refractivity contribution in [1.29, 1.82) is 0 Å². The highest BCUT2D eigenvalue weighted by molar-refractivity contribution is 6.07. The van der Waals surface area contributed by atoms with Gasteiger partial charge in [0.25, 0.3) is 5.69 Å². The number of benzene rings is 1. The second-order valence-electron chi connectivity index (χ2n) is 18.4. The minimum atomic E-state index is -1.50. The van der Waals surface area contributed by atoms with Crippen molar-refractivity contribution in [3.63, 3.8) is 0 Å². The number of nitrogens with zero attached hydrogens (tertiary/aromatic N) is 2. The van der Waals surface area contributed by atoms with Crippen LogP contribution in [-0.2, 0) is 33.5 Å². The molecule has 3 aliphatic rings. The summed E-state index contributed by atoms with van der Waals surface area (Å²) in [5.74, 6) is -7.50. The van der Waals surface area contributed by atoms with E-state index in [4.69, 9.17) is 5.73 Å². The molecule has 2 aliphatic carbocycles. The quantitative estimate of drug-likeness (QED) is 0.0410. The standard InChI is InChI=1S/C46H65N5O12/c1-46(2,3)40(49-42(56)30(19-11-12-21-38(54)63-4)25-36(52)34-26-31(51(61)62)22-23-32(34)45(59)60)44(58)50-24-14-13-20-35(50)43(57)48-39(29-17-9-6-10-18-29)37(53)27-33(41(47)55)28-15-7-5-8-16-28/h12,21-23,26,28-30,33,35,39-40H,5-11,13-20,24-25,27H2,1-4H3,(H2,47,55)(H,48,57)(H,49,56)(H,59,60)/b21-12+/t30-,33+,35+,39+,40-/m1/s1. The number of primary amides is 1. The van der Waals surface area contributed by atoms with E-state index in [9.17, 15) is 53.6 Å². The smallest absolute Gasteiger partial charge is 0.336 e. The molecule has 0 radical (unpaired) electrons. The van der Waals surface area contributed by atoms with Crippen LogP contribution in [0.3, 0.4) is 0 Å². The summed E-state index contributed by atoms with van der Waals surface area (Å²) in [6, 6.07) is -0.303. The Kier molecular flexibility index (Phi) is 18.5. The average molecular weight is 880 g/mol. The second kappa shape index (κ2) is 23.3. The predicted octanol–water partition coefficient (Wildman–Crippen LogP) is 5.61. The van der Waals surface area contributed by atoms with Crippen LogP contribution < -0.4 is 16.4 Å². The molecule has 346 valence electrons. The second-order valence-corrected chi connectivity index (χ2v) is 18.4. The van der Waals surface area contributed by atoms with Crippen LogP contribution in [0.2, 0.25) is 0 Å². The molecule has 3 fully saturated rings. The van der Waals surface area contributed by atoms with Crippen molar-refractivity contribution in [3.05, 3.63) is 51.6 Å². The van der Waals surface area contributed by atoms with Gasteiger partial charge in [0.2, 0.25) is 23.6 Å². The summed E-state index contributed by atoms with van der Waals surface area (Å²) in [7, 11) is 1.19. The monoisotopic (exact) mass is 879 g/mol. The minimum Gasteiger partial charge on any atom is -0.478 e. The molecule has 5 N–H and O–H groups in total. The number of ketones is 2. The van der Waals surface area contributed by atoms with Gasteiger partial charge < -0.3 is 31.1 Å². The highest BCUT2D eigenvalue weighted by Gasteiger charge is 2.44. The zero-order valence-electron chi connectivity index (χ0n) is 37.1. The number of nitro groups is 1. The zero-order chi connectivity index (χ0) is 46.4. The van der Waals surface area contributed by atoms with E-state index in [0.717, 1.165) is 88.5 Å². The van der Waals surface area contributed by atoms with Crippen LogP contribution in [-0.4, -0.2) is 93.8 Å². The Morgan fingerprint density at radius 3 is 2.08 bits per heavy atom. The maximum Gasteiger partial charge on any atom is 0.336 e. The van der Waals surface area contributed by atoms with Crippen molar-refractivity contribution in [2.45, 2.75) is 148 Å². The lowest BCUT2D eigenvalue weighted by atomic mass is 9.75. The maximum atomic E-state index is 14.7. The molecule has 4 amide bonds. The van der Waals surface area contributed by atoms with Gasteiger partial charge in [-0.3, -0.25) is 38.9 Å². The Balaban J connectivity index is 1.60. The number of aromatic carboxylic acids is 1. The van der Waals surface area contributed by atoms with E-state index in [1.54, 1.807) is 20.8 Å². The number of non-ortho nitro benzene ring substituents is 1. The summed E-state index contributed by atoms with van der Waals surface area (Å²) in [6.07, 6.45) is 12.4. The van der Waals surface area contributed by atoms with Gasteiger partial charge in [-0.05, 0) is 81.1 Å². The van der Waals surface area contributed by atoms with E-state index < -0.39 is 105 Å². The Morgan fingerprint density at radius 1 is 0.889 bits per heavy atom. The molecule has 1 aliphatic heterocycles. The lowest BCUT2D eigenvalue weighted by Crippen LogP contribution is -2.62. The molecular weight excluding hydrogens is 815 g/mol. The molecule has 17 heteroatoms. The van der Waals surface area contributed by atoms with E-state index in [2.05, 4.69) is 15.4 Å². The number of Topliss-reactive ketones (excluding diaryl/α,β-unsaturated/α-hetero) is 2. The summed E-state index contributed by atoms with van der Waals surface area (Å²) in [4.78, 5) is 120. The van der Waals surface area contributed by atoms with Crippen LogP contribution in [0.5, 0.6) is 0 Å². The van der Waals surface area contributed by atoms with Crippen molar-refractivity contribution < 1.29 is 53.1 Å². The van der Waals surface area contributed by atoms with Gasteiger partial charge in [-0.15, -0.1) is 0 Å². The fourth-order valence-electron chi connectivity index (χ4n) is 9.37. The van der Waals surface area contributed by atoms with Gasteiger partial charge in [0, 0.05) is 55.0 Å². The van der Waals surface area contributed by atoms with Gasteiger partial charge >= 0.3 is 11.9 Å². The summed E-state index contributed by atoms with van der Waals surface area (Å²) >= 11 is 0. The number of likely N-dealkylation sites (tertiary alicyclic amines) is 1. The van der Waals surface area contributed by atoms with Crippen molar-refractivity contribution >= 4 is 52.8 Å². The number of amides is 4. The molecule has 1 saturated heterocycles. The molecule has 17 nitrogen and oxygen atoms in total. The number of ether oxygens (including phenoxy) is 1. The van der Waals surface area contributed by atoms with Crippen molar-refractivity contribution in [2.24, 2.45) is 34.8 Å². The van der Waals surface area contributed by atoms with Gasteiger partial charge in [0.15, 0.2) is 11.6 Å². The van der Waals surface area contributed by atoms with Gasteiger partial charge in [0.05, 0.1) is 23.6 Å². The molecule has 5 atom stereocenters. The Hall–Kier alpha value is -5.48. The fourth-order valence-corrected chi connectivity index (χ4v) is 9.37. The van der Waals surface area contributed by atoms with Crippen LogP contribution in [0.4, 0.5) is 5.69 Å². The normalized spacial score (nSPS) is 19.6. The molecule has 2 saturated carbocycles. The van der Waals surface area contributed by atoms with Crippen molar-refractivity contribution in [1.82, 2.24) is 15.5 Å². The van der Waals surface area contributed by atoms with Gasteiger partial charge in [-0.2, -0.15) is 0 Å².